The molecule has 0 atom stereocenters. The van der Waals surface area contributed by atoms with E-state index in [1.165, 1.54) is 17.5 Å². The average molecular weight is 383 g/mol. The van der Waals surface area contributed by atoms with E-state index in [2.05, 4.69) is 22.4 Å². The summed E-state index contributed by atoms with van der Waals surface area (Å²) in [5, 5.41) is 11.3. The highest BCUT2D eigenvalue weighted by Gasteiger charge is 2.12. The summed E-state index contributed by atoms with van der Waals surface area (Å²) in [6, 6.07) is 21.1. The second-order valence-electron chi connectivity index (χ2n) is 6.99. The largest absolute Gasteiger partial charge is 0.439 e. The molecule has 1 aliphatic carbocycles. The van der Waals surface area contributed by atoms with Gasteiger partial charge < -0.3 is 10.1 Å². The van der Waals surface area contributed by atoms with Crippen molar-refractivity contribution in [2.24, 2.45) is 0 Å². The van der Waals surface area contributed by atoms with Crippen molar-refractivity contribution in [3.05, 3.63) is 77.4 Å². The number of aryl methyl sites for hydroxylation is 2. The molecule has 0 bridgehead atoms. The van der Waals surface area contributed by atoms with Crippen LogP contribution in [0.4, 0.5) is 0 Å². The molecule has 3 aromatic rings. The van der Waals surface area contributed by atoms with Crippen LogP contribution in [0.25, 0.3) is 11.3 Å². The second-order valence-corrected chi connectivity index (χ2v) is 6.99. The van der Waals surface area contributed by atoms with Gasteiger partial charge in [-0.05, 0) is 60.7 Å². The van der Waals surface area contributed by atoms with Gasteiger partial charge in [-0.25, -0.2) is 4.98 Å². The van der Waals surface area contributed by atoms with Gasteiger partial charge in [0.2, 0.25) is 5.88 Å². The summed E-state index contributed by atoms with van der Waals surface area (Å²) in [6.07, 6.45) is 3.73. The van der Waals surface area contributed by atoms with Crippen LogP contribution in [0.15, 0.2) is 60.7 Å². The van der Waals surface area contributed by atoms with Crippen molar-refractivity contribution in [2.45, 2.75) is 25.7 Å². The SMILES string of the molecule is N#CCCNC(=O)c1cccc(-c2cccc(Oc3ccc4c(c3)CCC4)n2)c1. The van der Waals surface area contributed by atoms with Crippen molar-refractivity contribution in [3.8, 4) is 29.0 Å². The van der Waals surface area contributed by atoms with E-state index in [1.54, 1.807) is 12.1 Å². The van der Waals surface area contributed by atoms with Crippen molar-refractivity contribution < 1.29 is 9.53 Å². The van der Waals surface area contributed by atoms with Crippen LogP contribution in [0, 0.1) is 11.3 Å². The Kier molecular flexibility index (Phi) is 5.53. The molecule has 0 saturated carbocycles. The summed E-state index contributed by atoms with van der Waals surface area (Å²) in [5.74, 6) is 1.11. The molecular weight excluding hydrogens is 362 g/mol. The van der Waals surface area contributed by atoms with Crippen LogP contribution in [0.2, 0.25) is 0 Å². The molecule has 144 valence electrons. The maximum atomic E-state index is 12.2. The number of pyridine rings is 1. The number of nitrogens with one attached hydrogen (secondary N) is 1. The Bertz CT molecular complexity index is 1090. The summed E-state index contributed by atoms with van der Waals surface area (Å²) >= 11 is 0. The summed E-state index contributed by atoms with van der Waals surface area (Å²) in [6.45, 7) is 0.335. The summed E-state index contributed by atoms with van der Waals surface area (Å²) in [4.78, 5) is 16.8. The number of amides is 1. The quantitative estimate of drug-likeness (QED) is 0.628. The van der Waals surface area contributed by atoms with Gasteiger partial charge in [0.1, 0.15) is 5.75 Å². The van der Waals surface area contributed by atoms with Crippen molar-refractivity contribution in [1.82, 2.24) is 10.3 Å². The number of carbonyl (C=O) groups excluding carboxylic acids is 1. The molecule has 0 aliphatic heterocycles. The first-order valence-corrected chi connectivity index (χ1v) is 9.75. The second kappa shape index (κ2) is 8.57. The standard InChI is InChI=1S/C24H21N3O2/c25-13-4-14-26-24(28)20-8-2-7-19(15-20)22-9-3-10-23(27-22)29-21-12-11-17-5-1-6-18(17)16-21/h2-3,7-12,15-16H,1,4-6,14H2,(H,26,28). The van der Waals surface area contributed by atoms with Crippen molar-refractivity contribution in [3.63, 3.8) is 0 Å². The van der Waals surface area contributed by atoms with Crippen LogP contribution in [0.5, 0.6) is 11.6 Å². The van der Waals surface area contributed by atoms with Crippen LogP contribution in [0.3, 0.4) is 0 Å². The Morgan fingerprint density at radius 2 is 1.93 bits per heavy atom. The van der Waals surface area contributed by atoms with Gasteiger partial charge >= 0.3 is 0 Å². The fraction of sp³-hybridized carbons (Fsp3) is 0.208. The first-order valence-electron chi connectivity index (χ1n) is 9.75. The molecule has 5 heteroatoms. The average Bonchev–Trinajstić information content (AvgIpc) is 3.22. The summed E-state index contributed by atoms with van der Waals surface area (Å²) in [5.41, 5.74) is 4.86. The molecule has 1 aromatic heterocycles. The molecule has 5 nitrogen and oxygen atoms in total. The third-order valence-corrected chi connectivity index (χ3v) is 4.96. The number of benzene rings is 2. The third-order valence-electron chi connectivity index (χ3n) is 4.96. The van der Waals surface area contributed by atoms with Gasteiger partial charge in [0.05, 0.1) is 18.2 Å². The molecule has 1 N–H and O–H groups in total. The number of aromatic nitrogens is 1. The van der Waals surface area contributed by atoms with Crippen molar-refractivity contribution in [1.29, 1.82) is 5.26 Å². The lowest BCUT2D eigenvalue weighted by atomic mass is 10.1. The number of rotatable bonds is 6. The fourth-order valence-corrected chi connectivity index (χ4v) is 3.52. The Morgan fingerprint density at radius 3 is 2.83 bits per heavy atom. The number of carbonyl (C=O) groups is 1. The minimum Gasteiger partial charge on any atom is -0.439 e. The highest BCUT2D eigenvalue weighted by atomic mass is 16.5. The predicted octanol–water partition coefficient (Wildman–Crippen LogP) is 4.67. The minimum atomic E-state index is -0.201. The van der Waals surface area contributed by atoms with Gasteiger partial charge in [-0.15, -0.1) is 0 Å². The zero-order valence-electron chi connectivity index (χ0n) is 16.0. The van der Waals surface area contributed by atoms with Gasteiger partial charge in [0, 0.05) is 23.7 Å². The van der Waals surface area contributed by atoms with Crippen LogP contribution in [0.1, 0.15) is 34.3 Å². The van der Waals surface area contributed by atoms with Gasteiger partial charge in [-0.1, -0.05) is 24.3 Å². The molecule has 0 spiro atoms. The van der Waals surface area contributed by atoms with E-state index in [0.717, 1.165) is 29.8 Å². The normalized spacial score (nSPS) is 12.1. The third kappa shape index (κ3) is 4.44. The maximum absolute atomic E-state index is 12.2. The molecule has 0 radical (unpaired) electrons. The van der Waals surface area contributed by atoms with Crippen LogP contribution >= 0.6 is 0 Å². The van der Waals surface area contributed by atoms with E-state index < -0.39 is 0 Å². The van der Waals surface area contributed by atoms with Crippen molar-refractivity contribution >= 4 is 5.91 Å². The lowest BCUT2D eigenvalue weighted by Crippen LogP contribution is -2.24. The summed E-state index contributed by atoms with van der Waals surface area (Å²) in [7, 11) is 0. The highest BCUT2D eigenvalue weighted by molar-refractivity contribution is 5.95. The van der Waals surface area contributed by atoms with Gasteiger partial charge in [-0.2, -0.15) is 5.26 Å². The number of nitriles is 1. The summed E-state index contributed by atoms with van der Waals surface area (Å²) < 4.78 is 5.99. The minimum absolute atomic E-state index is 0.201. The Balaban J connectivity index is 1.52. The molecule has 0 fully saturated rings. The Morgan fingerprint density at radius 1 is 1.07 bits per heavy atom. The first-order chi connectivity index (χ1) is 14.2. The van der Waals surface area contributed by atoms with Crippen LogP contribution < -0.4 is 10.1 Å². The smallest absolute Gasteiger partial charge is 0.251 e. The Labute approximate surface area is 170 Å². The lowest BCUT2D eigenvalue weighted by molar-refractivity contribution is 0.0954. The predicted molar refractivity (Wildman–Crippen MR) is 111 cm³/mol. The Hall–Kier alpha value is -3.65. The topological polar surface area (TPSA) is 75.0 Å². The van der Waals surface area contributed by atoms with E-state index in [1.807, 2.05) is 42.5 Å². The number of hydrogen-bond donors (Lipinski definition) is 1. The zero-order chi connectivity index (χ0) is 20.1. The van der Waals surface area contributed by atoms with E-state index in [-0.39, 0.29) is 12.3 Å². The van der Waals surface area contributed by atoms with Gasteiger partial charge in [-0.3, -0.25) is 4.79 Å². The molecule has 4 rings (SSSR count). The maximum Gasteiger partial charge on any atom is 0.251 e. The van der Waals surface area contributed by atoms with E-state index in [9.17, 15) is 4.79 Å². The molecule has 2 aromatic carbocycles. The monoisotopic (exact) mass is 383 g/mol. The molecular formula is C24H21N3O2. The lowest BCUT2D eigenvalue weighted by Gasteiger charge is -2.09. The molecule has 1 amide bonds. The van der Waals surface area contributed by atoms with Gasteiger partial charge in [0.15, 0.2) is 0 Å². The molecule has 0 saturated heterocycles. The first kappa shape index (κ1) is 18.7. The number of nitrogens with zero attached hydrogens (tertiary/aromatic N) is 2. The van der Waals surface area contributed by atoms with E-state index >= 15 is 0 Å². The zero-order valence-corrected chi connectivity index (χ0v) is 16.0. The number of fused-ring (bicyclic) bond motifs is 1. The van der Waals surface area contributed by atoms with Crippen LogP contribution in [-0.4, -0.2) is 17.4 Å². The molecule has 0 unspecified atom stereocenters. The van der Waals surface area contributed by atoms with E-state index in [4.69, 9.17) is 10.00 Å². The van der Waals surface area contributed by atoms with Crippen LogP contribution in [-0.2, 0) is 12.8 Å². The fourth-order valence-electron chi connectivity index (χ4n) is 3.52. The molecule has 1 heterocycles. The highest BCUT2D eigenvalue weighted by Crippen LogP contribution is 2.29. The molecule has 29 heavy (non-hydrogen) atoms. The molecule has 1 aliphatic rings. The number of hydrogen-bond acceptors (Lipinski definition) is 4. The van der Waals surface area contributed by atoms with Crippen molar-refractivity contribution in [2.75, 3.05) is 6.54 Å². The van der Waals surface area contributed by atoms with Gasteiger partial charge in [0.25, 0.3) is 5.91 Å². The number of ether oxygens (including phenoxy) is 1. The van der Waals surface area contributed by atoms with E-state index in [0.29, 0.717) is 18.0 Å².